The molecule has 1 saturated heterocycles. The summed E-state index contributed by atoms with van der Waals surface area (Å²) < 4.78 is 5.15. The highest BCUT2D eigenvalue weighted by Crippen LogP contribution is 2.32. The number of benzene rings is 1. The maximum Gasteiger partial charge on any atom is 0.176 e. The fraction of sp³-hybridized carbons (Fsp3) is 0.364. The first-order chi connectivity index (χ1) is 7.36. The average molecular weight is 203 g/mol. The first-order valence-electron chi connectivity index (χ1n) is 5.25. The van der Waals surface area contributed by atoms with E-state index in [0.29, 0.717) is 5.82 Å². The molecular formula is C11H13N3O. The topological polar surface area (TPSA) is 55.3 Å². The minimum atomic E-state index is 0.493. The van der Waals surface area contributed by atoms with Gasteiger partial charge in [-0.25, -0.2) is 0 Å². The Morgan fingerprint density at radius 1 is 1.27 bits per heavy atom. The highest BCUT2D eigenvalue weighted by atomic mass is 16.5. The van der Waals surface area contributed by atoms with Gasteiger partial charge in [-0.3, -0.25) is 0 Å². The molecule has 1 aliphatic heterocycles. The van der Waals surface area contributed by atoms with E-state index < -0.39 is 0 Å². The van der Waals surface area contributed by atoms with Crippen LogP contribution in [0.1, 0.15) is 12.8 Å². The average Bonchev–Trinajstić information content (AvgIpc) is 2.88. The lowest BCUT2D eigenvalue weighted by molar-refractivity contribution is 0.460. The van der Waals surface area contributed by atoms with Crippen LogP contribution in [-0.2, 0) is 0 Å². The standard InChI is InChI=1S/C11H13N3O/c12-11-10-8(14-6-1-2-7-14)4-3-5-9(10)15-13-11/h3-5H,1-2,6-7H2,(H2,12,13). The SMILES string of the molecule is Nc1noc2cccc(N3CCCC3)c12. The number of rotatable bonds is 1. The number of fused-ring (bicyclic) bond motifs is 1. The maximum atomic E-state index is 5.81. The summed E-state index contributed by atoms with van der Waals surface area (Å²) in [5.41, 5.74) is 7.74. The molecule has 4 heteroatoms. The predicted octanol–water partition coefficient (Wildman–Crippen LogP) is 2.01. The van der Waals surface area contributed by atoms with Crippen LogP contribution in [0, 0.1) is 0 Å². The molecule has 1 aromatic heterocycles. The Morgan fingerprint density at radius 2 is 2.07 bits per heavy atom. The zero-order valence-electron chi connectivity index (χ0n) is 8.44. The summed E-state index contributed by atoms with van der Waals surface area (Å²) in [5.74, 6) is 0.493. The van der Waals surface area contributed by atoms with Gasteiger partial charge in [-0.15, -0.1) is 0 Å². The number of aromatic nitrogens is 1. The third-order valence-corrected chi connectivity index (χ3v) is 2.95. The van der Waals surface area contributed by atoms with Gasteiger partial charge in [0.2, 0.25) is 0 Å². The van der Waals surface area contributed by atoms with Gasteiger partial charge in [0.15, 0.2) is 11.4 Å². The van der Waals surface area contributed by atoms with Crippen LogP contribution in [0.25, 0.3) is 11.0 Å². The Balaban J connectivity index is 2.19. The first kappa shape index (κ1) is 8.59. The van der Waals surface area contributed by atoms with E-state index >= 15 is 0 Å². The summed E-state index contributed by atoms with van der Waals surface area (Å²) in [7, 11) is 0. The second kappa shape index (κ2) is 3.15. The molecule has 78 valence electrons. The van der Waals surface area contributed by atoms with Gasteiger partial charge < -0.3 is 15.2 Å². The van der Waals surface area contributed by atoms with Crippen molar-refractivity contribution in [1.82, 2.24) is 5.16 Å². The van der Waals surface area contributed by atoms with Crippen molar-refractivity contribution in [2.24, 2.45) is 0 Å². The molecule has 1 aromatic carbocycles. The van der Waals surface area contributed by atoms with Crippen molar-refractivity contribution < 1.29 is 4.52 Å². The van der Waals surface area contributed by atoms with Gasteiger partial charge in [-0.1, -0.05) is 11.2 Å². The van der Waals surface area contributed by atoms with Crippen molar-refractivity contribution in [2.75, 3.05) is 23.7 Å². The van der Waals surface area contributed by atoms with E-state index in [1.165, 1.54) is 12.8 Å². The molecule has 2 heterocycles. The van der Waals surface area contributed by atoms with E-state index in [0.717, 1.165) is 29.7 Å². The number of nitrogen functional groups attached to an aromatic ring is 1. The molecule has 2 aromatic rings. The largest absolute Gasteiger partial charge is 0.380 e. The quantitative estimate of drug-likeness (QED) is 0.770. The highest BCUT2D eigenvalue weighted by molar-refractivity contribution is 5.98. The zero-order chi connectivity index (χ0) is 10.3. The fourth-order valence-corrected chi connectivity index (χ4v) is 2.22. The number of nitrogens with zero attached hydrogens (tertiary/aromatic N) is 2. The molecule has 0 unspecified atom stereocenters. The molecule has 0 bridgehead atoms. The van der Waals surface area contributed by atoms with E-state index in [4.69, 9.17) is 10.3 Å². The first-order valence-corrected chi connectivity index (χ1v) is 5.25. The Bertz CT molecular complexity index is 486. The lowest BCUT2D eigenvalue weighted by Gasteiger charge is -2.17. The smallest absolute Gasteiger partial charge is 0.176 e. The van der Waals surface area contributed by atoms with Gasteiger partial charge >= 0.3 is 0 Å². The Hall–Kier alpha value is -1.71. The van der Waals surface area contributed by atoms with E-state index in [1.54, 1.807) is 0 Å². The molecule has 1 aliphatic rings. The minimum Gasteiger partial charge on any atom is -0.380 e. The van der Waals surface area contributed by atoms with Crippen LogP contribution in [0.2, 0.25) is 0 Å². The summed E-state index contributed by atoms with van der Waals surface area (Å²) in [6.07, 6.45) is 2.50. The molecule has 1 fully saturated rings. The number of nitrogens with two attached hydrogens (primary N) is 1. The third-order valence-electron chi connectivity index (χ3n) is 2.95. The van der Waals surface area contributed by atoms with Crippen molar-refractivity contribution in [3.8, 4) is 0 Å². The molecule has 0 radical (unpaired) electrons. The second-order valence-corrected chi connectivity index (χ2v) is 3.91. The second-order valence-electron chi connectivity index (χ2n) is 3.91. The molecule has 15 heavy (non-hydrogen) atoms. The molecule has 3 rings (SSSR count). The van der Waals surface area contributed by atoms with E-state index in [9.17, 15) is 0 Å². The summed E-state index contributed by atoms with van der Waals surface area (Å²) in [4.78, 5) is 2.34. The van der Waals surface area contributed by atoms with E-state index in [2.05, 4.69) is 16.1 Å². The highest BCUT2D eigenvalue weighted by Gasteiger charge is 2.18. The summed E-state index contributed by atoms with van der Waals surface area (Å²) in [5, 5.41) is 4.76. The third kappa shape index (κ3) is 1.25. The Labute approximate surface area is 87.6 Å². The molecule has 0 aliphatic carbocycles. The van der Waals surface area contributed by atoms with Crippen molar-refractivity contribution in [1.29, 1.82) is 0 Å². The molecule has 0 saturated carbocycles. The number of anilines is 2. The van der Waals surface area contributed by atoms with Crippen LogP contribution in [0.3, 0.4) is 0 Å². The van der Waals surface area contributed by atoms with Gasteiger partial charge in [0, 0.05) is 13.1 Å². The van der Waals surface area contributed by atoms with E-state index in [1.807, 2.05) is 12.1 Å². The van der Waals surface area contributed by atoms with Crippen molar-refractivity contribution in [3.05, 3.63) is 18.2 Å². The van der Waals surface area contributed by atoms with Gasteiger partial charge in [-0.2, -0.15) is 0 Å². The monoisotopic (exact) mass is 203 g/mol. The summed E-state index contributed by atoms with van der Waals surface area (Å²) >= 11 is 0. The Morgan fingerprint density at radius 3 is 2.87 bits per heavy atom. The lowest BCUT2D eigenvalue weighted by atomic mass is 10.2. The number of hydrogen-bond acceptors (Lipinski definition) is 4. The molecular weight excluding hydrogens is 190 g/mol. The normalized spacial score (nSPS) is 16.4. The molecule has 0 atom stereocenters. The van der Waals surface area contributed by atoms with Gasteiger partial charge in [-0.05, 0) is 25.0 Å². The van der Waals surface area contributed by atoms with Crippen molar-refractivity contribution in [3.63, 3.8) is 0 Å². The van der Waals surface area contributed by atoms with Crippen molar-refractivity contribution in [2.45, 2.75) is 12.8 Å². The number of hydrogen-bond donors (Lipinski definition) is 1. The maximum absolute atomic E-state index is 5.81. The van der Waals surface area contributed by atoms with Gasteiger partial charge in [0.25, 0.3) is 0 Å². The summed E-state index contributed by atoms with van der Waals surface area (Å²) in [6.45, 7) is 2.20. The predicted molar refractivity (Wildman–Crippen MR) is 59.9 cm³/mol. The van der Waals surface area contributed by atoms with Gasteiger partial charge in [0.1, 0.15) is 0 Å². The van der Waals surface area contributed by atoms with Crippen LogP contribution in [0.5, 0.6) is 0 Å². The molecule has 0 amide bonds. The van der Waals surface area contributed by atoms with E-state index in [-0.39, 0.29) is 0 Å². The van der Waals surface area contributed by atoms with Gasteiger partial charge in [0.05, 0.1) is 11.1 Å². The lowest BCUT2D eigenvalue weighted by Crippen LogP contribution is -2.17. The van der Waals surface area contributed by atoms with Crippen LogP contribution < -0.4 is 10.6 Å². The molecule has 2 N–H and O–H groups in total. The van der Waals surface area contributed by atoms with Crippen LogP contribution in [0.4, 0.5) is 11.5 Å². The zero-order valence-corrected chi connectivity index (χ0v) is 8.44. The molecule has 0 spiro atoms. The molecule has 4 nitrogen and oxygen atoms in total. The van der Waals surface area contributed by atoms with Crippen LogP contribution in [0.15, 0.2) is 22.7 Å². The van der Waals surface area contributed by atoms with Crippen LogP contribution in [-0.4, -0.2) is 18.2 Å². The van der Waals surface area contributed by atoms with Crippen molar-refractivity contribution >= 4 is 22.5 Å². The Kier molecular flexibility index (Phi) is 1.80. The van der Waals surface area contributed by atoms with Crippen LogP contribution >= 0.6 is 0 Å². The summed E-state index contributed by atoms with van der Waals surface area (Å²) in [6, 6.07) is 5.97. The fourth-order valence-electron chi connectivity index (χ4n) is 2.22. The minimum absolute atomic E-state index is 0.493.